The first-order valence-electron chi connectivity index (χ1n) is 7.16. The molecular weight excluding hydrogens is 308 g/mol. The molecule has 1 aliphatic heterocycles. The SMILES string of the molecule is CCCNC1C(=O)Nc2cc(SCCCOC)c(Cl)cc21. The molecular formula is C15H21ClN2O2S. The van der Waals surface area contributed by atoms with Gasteiger partial charge in [0, 0.05) is 35.6 Å². The summed E-state index contributed by atoms with van der Waals surface area (Å²) < 4.78 is 5.04. The van der Waals surface area contributed by atoms with Crippen molar-refractivity contribution < 1.29 is 9.53 Å². The number of amides is 1. The molecule has 1 aromatic carbocycles. The Morgan fingerprint density at radius 1 is 1.48 bits per heavy atom. The van der Waals surface area contributed by atoms with E-state index in [4.69, 9.17) is 16.3 Å². The molecule has 1 heterocycles. The Morgan fingerprint density at radius 3 is 3.00 bits per heavy atom. The lowest BCUT2D eigenvalue weighted by Crippen LogP contribution is -2.27. The van der Waals surface area contributed by atoms with Crippen LogP contribution in [-0.2, 0) is 9.53 Å². The molecule has 0 bridgehead atoms. The number of carbonyl (C=O) groups is 1. The van der Waals surface area contributed by atoms with Crippen molar-refractivity contribution in [3.05, 3.63) is 22.7 Å². The first-order valence-corrected chi connectivity index (χ1v) is 8.53. The minimum atomic E-state index is -0.287. The summed E-state index contributed by atoms with van der Waals surface area (Å²) in [5.74, 6) is 0.939. The van der Waals surface area contributed by atoms with Crippen LogP contribution >= 0.6 is 23.4 Å². The third-order valence-corrected chi connectivity index (χ3v) is 4.85. The summed E-state index contributed by atoms with van der Waals surface area (Å²) in [5, 5.41) is 6.88. The molecule has 1 aliphatic rings. The van der Waals surface area contributed by atoms with E-state index < -0.39 is 0 Å². The molecule has 0 saturated carbocycles. The molecule has 116 valence electrons. The zero-order valence-electron chi connectivity index (χ0n) is 12.4. The van der Waals surface area contributed by atoms with Crippen LogP contribution < -0.4 is 10.6 Å². The molecule has 0 aromatic heterocycles. The van der Waals surface area contributed by atoms with Crippen LogP contribution in [0.25, 0.3) is 0 Å². The van der Waals surface area contributed by atoms with Crippen molar-refractivity contribution in [2.24, 2.45) is 0 Å². The van der Waals surface area contributed by atoms with Crippen LogP contribution in [0.2, 0.25) is 5.02 Å². The van der Waals surface area contributed by atoms with Gasteiger partial charge < -0.3 is 15.4 Å². The molecule has 1 unspecified atom stereocenters. The Bertz CT molecular complexity index is 511. The molecule has 0 saturated heterocycles. The summed E-state index contributed by atoms with van der Waals surface area (Å²) in [5.41, 5.74) is 1.81. The highest BCUT2D eigenvalue weighted by Crippen LogP contribution is 2.39. The second kappa shape index (κ2) is 8.03. The smallest absolute Gasteiger partial charge is 0.246 e. The van der Waals surface area contributed by atoms with E-state index in [1.54, 1.807) is 18.9 Å². The third-order valence-electron chi connectivity index (χ3n) is 3.28. The number of rotatable bonds is 8. The zero-order chi connectivity index (χ0) is 15.2. The van der Waals surface area contributed by atoms with Gasteiger partial charge in [-0.15, -0.1) is 11.8 Å². The van der Waals surface area contributed by atoms with Gasteiger partial charge in [-0.25, -0.2) is 0 Å². The van der Waals surface area contributed by atoms with Crippen molar-refractivity contribution >= 4 is 35.0 Å². The normalized spacial score (nSPS) is 16.9. The fraction of sp³-hybridized carbons (Fsp3) is 0.533. The Hall–Kier alpha value is -0.750. The van der Waals surface area contributed by atoms with Crippen molar-refractivity contribution in [3.63, 3.8) is 0 Å². The van der Waals surface area contributed by atoms with Crippen LogP contribution in [0.15, 0.2) is 17.0 Å². The lowest BCUT2D eigenvalue weighted by molar-refractivity contribution is -0.117. The van der Waals surface area contributed by atoms with Gasteiger partial charge in [0.05, 0.1) is 5.02 Å². The van der Waals surface area contributed by atoms with Gasteiger partial charge in [0.15, 0.2) is 0 Å². The fourth-order valence-electron chi connectivity index (χ4n) is 2.25. The van der Waals surface area contributed by atoms with Crippen LogP contribution in [0.4, 0.5) is 5.69 Å². The zero-order valence-corrected chi connectivity index (χ0v) is 13.9. The van der Waals surface area contributed by atoms with E-state index in [2.05, 4.69) is 17.6 Å². The Kier molecular flexibility index (Phi) is 6.36. The predicted molar refractivity (Wildman–Crippen MR) is 88.3 cm³/mol. The number of fused-ring (bicyclic) bond motifs is 1. The van der Waals surface area contributed by atoms with E-state index in [-0.39, 0.29) is 11.9 Å². The van der Waals surface area contributed by atoms with Crippen LogP contribution in [0.5, 0.6) is 0 Å². The summed E-state index contributed by atoms with van der Waals surface area (Å²) in [6.07, 6.45) is 1.96. The van der Waals surface area contributed by atoms with Crippen molar-refractivity contribution in [1.82, 2.24) is 5.32 Å². The highest BCUT2D eigenvalue weighted by molar-refractivity contribution is 7.99. The monoisotopic (exact) mass is 328 g/mol. The van der Waals surface area contributed by atoms with Crippen LogP contribution in [-0.4, -0.2) is 31.9 Å². The molecule has 1 amide bonds. The lowest BCUT2D eigenvalue weighted by Gasteiger charge is -2.12. The number of nitrogens with one attached hydrogen (secondary N) is 2. The van der Waals surface area contributed by atoms with Gasteiger partial charge in [0.2, 0.25) is 5.91 Å². The van der Waals surface area contributed by atoms with E-state index in [1.165, 1.54) is 0 Å². The molecule has 6 heteroatoms. The molecule has 0 fully saturated rings. The van der Waals surface area contributed by atoms with Crippen LogP contribution in [0, 0.1) is 0 Å². The Labute approximate surface area is 135 Å². The highest BCUT2D eigenvalue weighted by atomic mass is 35.5. The number of halogens is 1. The average Bonchev–Trinajstić information content (AvgIpc) is 2.76. The van der Waals surface area contributed by atoms with Crippen molar-refractivity contribution in [2.75, 3.05) is 31.3 Å². The second-order valence-electron chi connectivity index (χ2n) is 4.94. The maximum atomic E-state index is 12.0. The molecule has 1 aromatic rings. The van der Waals surface area contributed by atoms with E-state index in [1.807, 2.05) is 12.1 Å². The molecule has 2 N–H and O–H groups in total. The van der Waals surface area contributed by atoms with Crippen LogP contribution in [0.3, 0.4) is 0 Å². The second-order valence-corrected chi connectivity index (χ2v) is 6.49. The average molecular weight is 329 g/mol. The summed E-state index contributed by atoms with van der Waals surface area (Å²) in [7, 11) is 1.70. The fourth-order valence-corrected chi connectivity index (χ4v) is 3.47. The van der Waals surface area contributed by atoms with Gasteiger partial charge >= 0.3 is 0 Å². The molecule has 0 spiro atoms. The predicted octanol–water partition coefficient (Wildman–Crippen LogP) is 3.46. The molecule has 4 nitrogen and oxygen atoms in total. The molecule has 21 heavy (non-hydrogen) atoms. The quantitative estimate of drug-likeness (QED) is 0.567. The Balaban J connectivity index is 2.09. The minimum Gasteiger partial charge on any atom is -0.385 e. The van der Waals surface area contributed by atoms with Gasteiger partial charge in [-0.2, -0.15) is 0 Å². The van der Waals surface area contributed by atoms with Crippen molar-refractivity contribution in [3.8, 4) is 0 Å². The number of thioether (sulfide) groups is 1. The number of methoxy groups -OCH3 is 1. The lowest BCUT2D eigenvalue weighted by atomic mass is 10.1. The van der Waals surface area contributed by atoms with Gasteiger partial charge in [-0.05, 0) is 31.5 Å². The summed E-state index contributed by atoms with van der Waals surface area (Å²) >= 11 is 8.04. The number of hydrogen-bond acceptors (Lipinski definition) is 4. The number of hydrogen-bond donors (Lipinski definition) is 2. The number of benzene rings is 1. The topological polar surface area (TPSA) is 50.4 Å². The summed E-state index contributed by atoms with van der Waals surface area (Å²) in [4.78, 5) is 13.0. The maximum absolute atomic E-state index is 12.0. The summed E-state index contributed by atoms with van der Waals surface area (Å²) in [6.45, 7) is 3.63. The van der Waals surface area contributed by atoms with E-state index in [0.717, 1.165) is 47.9 Å². The number of carbonyl (C=O) groups excluding carboxylic acids is 1. The van der Waals surface area contributed by atoms with Crippen molar-refractivity contribution in [2.45, 2.75) is 30.7 Å². The summed E-state index contributed by atoms with van der Waals surface area (Å²) in [6, 6.07) is 3.59. The highest BCUT2D eigenvalue weighted by Gasteiger charge is 2.30. The standard InChI is InChI=1S/C15H21ClN2O2S/c1-3-5-17-14-10-8-11(16)13(21-7-4-6-20-2)9-12(10)18-15(14)19/h8-9,14,17H,3-7H2,1-2H3,(H,18,19). The van der Waals surface area contributed by atoms with Crippen LogP contribution in [0.1, 0.15) is 31.4 Å². The third kappa shape index (κ3) is 4.13. The first kappa shape index (κ1) is 16.6. The van der Waals surface area contributed by atoms with E-state index in [9.17, 15) is 4.79 Å². The minimum absolute atomic E-state index is 0.00366. The molecule has 0 aliphatic carbocycles. The van der Waals surface area contributed by atoms with Gasteiger partial charge in [-0.3, -0.25) is 4.79 Å². The van der Waals surface area contributed by atoms with Crippen molar-refractivity contribution in [1.29, 1.82) is 0 Å². The largest absolute Gasteiger partial charge is 0.385 e. The van der Waals surface area contributed by atoms with E-state index >= 15 is 0 Å². The number of anilines is 1. The molecule has 1 atom stereocenters. The van der Waals surface area contributed by atoms with E-state index in [0.29, 0.717) is 5.02 Å². The Morgan fingerprint density at radius 2 is 2.29 bits per heavy atom. The van der Waals surface area contributed by atoms with Gasteiger partial charge in [0.1, 0.15) is 6.04 Å². The maximum Gasteiger partial charge on any atom is 0.246 e. The molecule has 2 rings (SSSR count). The molecule has 0 radical (unpaired) electrons. The number of ether oxygens (including phenoxy) is 1. The van der Waals surface area contributed by atoms with Gasteiger partial charge in [-0.1, -0.05) is 18.5 Å². The first-order chi connectivity index (χ1) is 10.2. The van der Waals surface area contributed by atoms with Gasteiger partial charge in [0.25, 0.3) is 0 Å².